The monoisotopic (exact) mass is 654 g/mol. The van der Waals surface area contributed by atoms with E-state index in [0.717, 1.165) is 43.5 Å². The fraction of sp³-hybridized carbons (Fsp3) is 0.429. The van der Waals surface area contributed by atoms with Crippen LogP contribution in [0, 0.1) is 0 Å². The third-order valence-corrected chi connectivity index (χ3v) is 8.18. The molecule has 0 unspecified atom stereocenters. The number of benzene rings is 4. The molecule has 0 aliphatic carbocycles. The first kappa shape index (κ1) is 34.3. The van der Waals surface area contributed by atoms with Gasteiger partial charge in [0.2, 0.25) is 0 Å². The van der Waals surface area contributed by atoms with E-state index >= 15 is 0 Å². The zero-order valence-electron chi connectivity index (χ0n) is 26.4. The first-order valence-electron chi connectivity index (χ1n) is 15.6. The van der Waals surface area contributed by atoms with Crippen molar-refractivity contribution in [2.24, 2.45) is 0 Å². The zero-order valence-corrected chi connectivity index (χ0v) is 27.3. The number of hydrogen-bond acceptors (Lipinski definition) is 10. The Bertz CT molecular complexity index is 1560. The van der Waals surface area contributed by atoms with Crippen LogP contribution in [0.3, 0.4) is 0 Å². The van der Waals surface area contributed by atoms with Gasteiger partial charge in [-0.3, -0.25) is 4.52 Å². The molecular weight excluding hydrogens is 611 g/mol. The van der Waals surface area contributed by atoms with Crippen LogP contribution in [0.1, 0.15) is 0 Å². The predicted molar refractivity (Wildman–Crippen MR) is 180 cm³/mol. The molecule has 46 heavy (non-hydrogen) atoms. The summed E-state index contributed by atoms with van der Waals surface area (Å²) in [4.78, 5) is 0. The number of rotatable bonds is 22. The fourth-order valence-corrected chi connectivity index (χ4v) is 5.91. The van der Waals surface area contributed by atoms with Crippen LogP contribution in [0.5, 0.6) is 0 Å². The van der Waals surface area contributed by atoms with Crippen LogP contribution in [0.2, 0.25) is 0 Å². The van der Waals surface area contributed by atoms with Gasteiger partial charge in [-0.1, -0.05) is 60.7 Å². The van der Waals surface area contributed by atoms with Crippen LogP contribution >= 0.6 is 8.24 Å². The van der Waals surface area contributed by atoms with Gasteiger partial charge in [-0.25, -0.2) is 0 Å². The van der Waals surface area contributed by atoms with Crippen molar-refractivity contribution in [1.29, 1.82) is 0 Å². The molecule has 0 N–H and O–H groups in total. The van der Waals surface area contributed by atoms with Gasteiger partial charge in [-0.2, -0.15) is 0 Å². The minimum absolute atomic E-state index is 0.327. The predicted octanol–water partition coefficient (Wildman–Crippen LogP) is 6.77. The lowest BCUT2D eigenvalue weighted by Gasteiger charge is -2.08. The van der Waals surface area contributed by atoms with Crippen molar-refractivity contribution in [1.82, 2.24) is 0 Å². The average molecular weight is 655 g/mol. The number of methoxy groups -OCH3 is 1. The molecule has 11 heteroatoms. The van der Waals surface area contributed by atoms with E-state index in [0.29, 0.717) is 92.5 Å². The Kier molecular flexibility index (Phi) is 14.6. The molecule has 0 aliphatic heterocycles. The van der Waals surface area contributed by atoms with Gasteiger partial charge in [0.05, 0.1) is 92.5 Å². The van der Waals surface area contributed by atoms with E-state index < -0.39 is 8.24 Å². The highest BCUT2D eigenvalue weighted by atomic mass is 31.1. The lowest BCUT2D eigenvalue weighted by Crippen LogP contribution is -2.15. The summed E-state index contributed by atoms with van der Waals surface area (Å²) in [5.74, 6) is 0. The number of ether oxygens (including phenoxy) is 7. The van der Waals surface area contributed by atoms with Crippen molar-refractivity contribution < 1.29 is 46.1 Å². The Balaban J connectivity index is 0.992. The van der Waals surface area contributed by atoms with E-state index in [-0.39, 0.29) is 0 Å². The largest absolute Gasteiger partial charge is 0.399 e. The maximum absolute atomic E-state index is 6.34. The molecule has 0 fully saturated rings. The normalized spacial score (nSPS) is 11.8. The molecule has 4 aromatic carbocycles. The van der Waals surface area contributed by atoms with Crippen LogP contribution in [0.4, 0.5) is 0 Å². The summed E-state index contributed by atoms with van der Waals surface area (Å²) in [6.07, 6.45) is 0. The van der Waals surface area contributed by atoms with E-state index in [1.165, 1.54) is 0 Å². The lowest BCUT2D eigenvalue weighted by atomic mass is 9.99. The van der Waals surface area contributed by atoms with E-state index in [4.69, 9.17) is 46.1 Å². The molecule has 0 amide bonds. The molecule has 248 valence electrons. The average Bonchev–Trinajstić information content (AvgIpc) is 3.26. The standard InChI is InChI=1S/C35H43O10P/c1-36-14-15-37-16-17-38-18-19-39-20-21-40-22-23-41-24-25-42-26-27-43-46-44-32-12-10-28-6-2-4-8-30(28)34(32)35-31-9-5-3-7-29(31)11-13-33(35)45-46/h2-13H,14-27H2,1H3. The second kappa shape index (κ2) is 19.6. The summed E-state index contributed by atoms with van der Waals surface area (Å²) in [5, 5.41) is 6.53. The molecule has 0 saturated heterocycles. The summed E-state index contributed by atoms with van der Waals surface area (Å²) in [7, 11) is -0.0348. The molecule has 0 aliphatic rings. The molecule has 0 saturated carbocycles. The molecule has 0 atom stereocenters. The maximum Gasteiger partial charge on any atom is 0.387 e. The highest BCUT2D eigenvalue weighted by molar-refractivity contribution is 7.31. The molecule has 10 nitrogen and oxygen atoms in total. The van der Waals surface area contributed by atoms with Gasteiger partial charge in [0.15, 0.2) is 0 Å². The van der Waals surface area contributed by atoms with Gasteiger partial charge < -0.3 is 41.6 Å². The van der Waals surface area contributed by atoms with Gasteiger partial charge in [-0.15, -0.1) is 0 Å². The Morgan fingerprint density at radius 1 is 0.435 bits per heavy atom. The Morgan fingerprint density at radius 2 is 0.804 bits per heavy atom. The lowest BCUT2D eigenvalue weighted by molar-refractivity contribution is -0.0196. The zero-order chi connectivity index (χ0) is 31.7. The van der Waals surface area contributed by atoms with Gasteiger partial charge in [0.1, 0.15) is 11.2 Å². The minimum atomic E-state index is -1.68. The maximum atomic E-state index is 6.34. The van der Waals surface area contributed by atoms with Crippen molar-refractivity contribution in [3.8, 4) is 0 Å². The van der Waals surface area contributed by atoms with Crippen molar-refractivity contribution in [3.63, 3.8) is 0 Å². The van der Waals surface area contributed by atoms with Crippen LogP contribution < -0.4 is 4.52 Å². The summed E-state index contributed by atoms with van der Waals surface area (Å²) in [5.41, 5.74) is 1.49. The quantitative estimate of drug-likeness (QED) is 0.0744. The van der Waals surface area contributed by atoms with Gasteiger partial charge in [0, 0.05) is 17.9 Å². The molecule has 0 radical (unpaired) electrons. The van der Waals surface area contributed by atoms with E-state index in [1.807, 2.05) is 36.4 Å². The van der Waals surface area contributed by atoms with E-state index in [2.05, 4.69) is 36.4 Å². The molecule has 5 rings (SSSR count). The van der Waals surface area contributed by atoms with Crippen LogP contribution in [-0.4, -0.2) is 99.6 Å². The SMILES string of the molecule is COCCOCCOCCOCCOCCOCCOCCOp1oc2ccc3ccccc3c2c2c(ccc3ccccc32)o1. The minimum Gasteiger partial charge on any atom is -0.399 e. The second-order valence-corrected chi connectivity index (χ2v) is 11.3. The van der Waals surface area contributed by atoms with Crippen LogP contribution in [0.25, 0.3) is 43.5 Å². The smallest absolute Gasteiger partial charge is 0.387 e. The van der Waals surface area contributed by atoms with Gasteiger partial charge in [-0.05, 0) is 33.7 Å². The Morgan fingerprint density at radius 3 is 1.22 bits per heavy atom. The van der Waals surface area contributed by atoms with Crippen molar-refractivity contribution >= 4 is 51.7 Å². The van der Waals surface area contributed by atoms with Gasteiger partial charge in [0.25, 0.3) is 0 Å². The highest BCUT2D eigenvalue weighted by Crippen LogP contribution is 2.40. The number of hydrogen-bond donors (Lipinski definition) is 0. The fourth-order valence-electron chi connectivity index (χ4n) is 4.92. The van der Waals surface area contributed by atoms with E-state index in [9.17, 15) is 0 Å². The highest BCUT2D eigenvalue weighted by Gasteiger charge is 2.13. The molecule has 0 spiro atoms. The van der Waals surface area contributed by atoms with Crippen molar-refractivity contribution in [2.75, 3.05) is 99.6 Å². The molecule has 1 aromatic heterocycles. The van der Waals surface area contributed by atoms with Crippen molar-refractivity contribution in [2.45, 2.75) is 0 Å². The first-order valence-corrected chi connectivity index (χ1v) is 16.7. The van der Waals surface area contributed by atoms with Crippen molar-refractivity contribution in [3.05, 3.63) is 72.8 Å². The van der Waals surface area contributed by atoms with Crippen LogP contribution in [0.15, 0.2) is 81.2 Å². The molecule has 5 aromatic rings. The Hall–Kier alpha value is -3.02. The molecule has 0 bridgehead atoms. The van der Waals surface area contributed by atoms with Crippen LogP contribution in [-0.2, 0) is 33.2 Å². The number of fused-ring (bicyclic) bond motifs is 7. The third kappa shape index (κ3) is 10.2. The summed E-state index contributed by atoms with van der Waals surface area (Å²) >= 11 is 0. The molecule has 1 heterocycles. The van der Waals surface area contributed by atoms with E-state index in [1.54, 1.807) is 7.11 Å². The summed E-state index contributed by atoms with van der Waals surface area (Å²) < 4.78 is 56.7. The second-order valence-electron chi connectivity index (χ2n) is 10.2. The van der Waals surface area contributed by atoms with Gasteiger partial charge >= 0.3 is 8.24 Å². The Labute approximate surface area is 270 Å². The molecular formula is C35H43O10P. The summed E-state index contributed by atoms with van der Waals surface area (Å²) in [6, 6.07) is 24.8. The topological polar surface area (TPSA) is 100 Å². The first-order chi connectivity index (χ1) is 22.8. The third-order valence-electron chi connectivity index (χ3n) is 7.09. The summed E-state index contributed by atoms with van der Waals surface area (Å²) in [6.45, 7) is 6.95.